The molecule has 1 aliphatic heterocycles. The zero-order valence-electron chi connectivity index (χ0n) is 14.5. The molecule has 1 fully saturated rings. The molecule has 3 rings (SSSR count). The number of hydrogen-bond donors (Lipinski definition) is 1. The summed E-state index contributed by atoms with van der Waals surface area (Å²) in [7, 11) is 1.61. The lowest BCUT2D eigenvalue weighted by atomic mass is 10.0. The molecule has 1 amide bonds. The van der Waals surface area contributed by atoms with Gasteiger partial charge in [-0.05, 0) is 48.7 Å². The van der Waals surface area contributed by atoms with Gasteiger partial charge in [-0.2, -0.15) is 0 Å². The predicted octanol–water partition coefficient (Wildman–Crippen LogP) is 2.72. The van der Waals surface area contributed by atoms with Crippen LogP contribution < -0.4 is 9.47 Å². The molecule has 0 spiro atoms. The molecule has 2 atom stereocenters. The number of hydrogen-bond acceptors (Lipinski definition) is 4. The average molecular weight is 341 g/mol. The first-order chi connectivity index (χ1) is 12.1. The third-order valence-electron chi connectivity index (χ3n) is 4.43. The standard InChI is InChI=1S/C20H23NO4/c1-14-5-3-8-18(9-14)25-13-20(23)21-12-16(22)11-19(21)15-6-4-7-17(10-15)24-2/h3-10,16,19,22H,11-13H2,1-2H3. The van der Waals surface area contributed by atoms with E-state index in [1.807, 2.05) is 55.5 Å². The van der Waals surface area contributed by atoms with Gasteiger partial charge in [0.1, 0.15) is 11.5 Å². The first-order valence-corrected chi connectivity index (χ1v) is 8.38. The lowest BCUT2D eigenvalue weighted by Gasteiger charge is -2.25. The van der Waals surface area contributed by atoms with Crippen molar-refractivity contribution in [3.63, 3.8) is 0 Å². The van der Waals surface area contributed by atoms with E-state index in [0.717, 1.165) is 16.9 Å². The van der Waals surface area contributed by atoms with Crippen molar-refractivity contribution in [2.24, 2.45) is 0 Å². The van der Waals surface area contributed by atoms with Crippen molar-refractivity contribution in [1.82, 2.24) is 4.90 Å². The summed E-state index contributed by atoms with van der Waals surface area (Å²) in [6.45, 7) is 2.25. The van der Waals surface area contributed by atoms with E-state index in [4.69, 9.17) is 9.47 Å². The molecule has 0 bridgehead atoms. The van der Waals surface area contributed by atoms with E-state index >= 15 is 0 Å². The minimum Gasteiger partial charge on any atom is -0.497 e. The van der Waals surface area contributed by atoms with E-state index in [2.05, 4.69) is 0 Å². The van der Waals surface area contributed by atoms with Crippen LogP contribution in [0.4, 0.5) is 0 Å². The molecule has 0 aromatic heterocycles. The van der Waals surface area contributed by atoms with Gasteiger partial charge in [-0.25, -0.2) is 0 Å². The Hall–Kier alpha value is -2.53. The van der Waals surface area contributed by atoms with Gasteiger partial charge in [0.2, 0.25) is 0 Å². The van der Waals surface area contributed by atoms with Gasteiger partial charge in [0.15, 0.2) is 6.61 Å². The third-order valence-corrected chi connectivity index (χ3v) is 4.43. The van der Waals surface area contributed by atoms with E-state index < -0.39 is 6.10 Å². The molecule has 1 saturated heterocycles. The molecule has 1 N–H and O–H groups in total. The summed E-state index contributed by atoms with van der Waals surface area (Å²) in [5.41, 5.74) is 2.04. The molecule has 2 aromatic carbocycles. The second-order valence-corrected chi connectivity index (χ2v) is 6.33. The Morgan fingerprint density at radius 1 is 1.20 bits per heavy atom. The maximum atomic E-state index is 12.6. The number of nitrogens with zero attached hydrogens (tertiary/aromatic N) is 1. The summed E-state index contributed by atoms with van der Waals surface area (Å²) in [6, 6.07) is 15.0. The monoisotopic (exact) mass is 341 g/mol. The topological polar surface area (TPSA) is 59.0 Å². The van der Waals surface area contributed by atoms with Crippen molar-refractivity contribution in [3.8, 4) is 11.5 Å². The Bertz CT molecular complexity index is 746. The van der Waals surface area contributed by atoms with Gasteiger partial charge in [-0.3, -0.25) is 4.79 Å². The summed E-state index contributed by atoms with van der Waals surface area (Å²) in [4.78, 5) is 14.3. The van der Waals surface area contributed by atoms with Crippen LogP contribution in [0.3, 0.4) is 0 Å². The van der Waals surface area contributed by atoms with Crippen LogP contribution >= 0.6 is 0 Å². The lowest BCUT2D eigenvalue weighted by Crippen LogP contribution is -2.35. The number of methoxy groups -OCH3 is 1. The highest BCUT2D eigenvalue weighted by molar-refractivity contribution is 5.78. The predicted molar refractivity (Wildman–Crippen MR) is 94.7 cm³/mol. The Morgan fingerprint density at radius 3 is 2.72 bits per heavy atom. The molecule has 2 unspecified atom stereocenters. The van der Waals surface area contributed by atoms with Crippen molar-refractivity contribution >= 4 is 5.91 Å². The molecule has 5 heteroatoms. The summed E-state index contributed by atoms with van der Waals surface area (Å²) in [5.74, 6) is 1.28. The lowest BCUT2D eigenvalue weighted by molar-refractivity contribution is -0.134. The Balaban J connectivity index is 1.71. The zero-order chi connectivity index (χ0) is 17.8. The van der Waals surface area contributed by atoms with Crippen molar-refractivity contribution < 1.29 is 19.4 Å². The Labute approximate surface area is 147 Å². The van der Waals surface area contributed by atoms with E-state index in [1.165, 1.54) is 0 Å². The van der Waals surface area contributed by atoms with Gasteiger partial charge >= 0.3 is 0 Å². The first-order valence-electron chi connectivity index (χ1n) is 8.38. The molecule has 132 valence electrons. The number of amides is 1. The highest BCUT2D eigenvalue weighted by Gasteiger charge is 2.35. The van der Waals surface area contributed by atoms with E-state index in [9.17, 15) is 9.90 Å². The number of carbonyl (C=O) groups excluding carboxylic acids is 1. The van der Waals surface area contributed by atoms with E-state index in [-0.39, 0.29) is 18.6 Å². The third kappa shape index (κ3) is 4.12. The maximum absolute atomic E-state index is 12.6. The van der Waals surface area contributed by atoms with Gasteiger partial charge in [0.25, 0.3) is 5.91 Å². The Morgan fingerprint density at radius 2 is 1.96 bits per heavy atom. The van der Waals surface area contributed by atoms with Crippen molar-refractivity contribution in [2.45, 2.75) is 25.5 Å². The number of rotatable bonds is 5. The van der Waals surface area contributed by atoms with Crippen LogP contribution in [0.2, 0.25) is 0 Å². The number of aliphatic hydroxyl groups excluding tert-OH is 1. The fourth-order valence-corrected chi connectivity index (χ4v) is 3.19. The summed E-state index contributed by atoms with van der Waals surface area (Å²) < 4.78 is 10.9. The summed E-state index contributed by atoms with van der Waals surface area (Å²) >= 11 is 0. The second kappa shape index (κ2) is 7.57. The van der Waals surface area contributed by atoms with E-state index in [0.29, 0.717) is 18.7 Å². The molecule has 5 nitrogen and oxygen atoms in total. The van der Waals surface area contributed by atoms with Crippen molar-refractivity contribution in [3.05, 3.63) is 59.7 Å². The van der Waals surface area contributed by atoms with E-state index in [1.54, 1.807) is 12.0 Å². The number of likely N-dealkylation sites (tertiary alicyclic amines) is 1. The fourth-order valence-electron chi connectivity index (χ4n) is 3.19. The zero-order valence-corrected chi connectivity index (χ0v) is 14.5. The highest BCUT2D eigenvalue weighted by atomic mass is 16.5. The smallest absolute Gasteiger partial charge is 0.261 e. The molecule has 0 radical (unpaired) electrons. The van der Waals surface area contributed by atoms with Crippen LogP contribution in [0.5, 0.6) is 11.5 Å². The second-order valence-electron chi connectivity index (χ2n) is 6.33. The van der Waals surface area contributed by atoms with Gasteiger partial charge in [0.05, 0.1) is 19.3 Å². The molecular weight excluding hydrogens is 318 g/mol. The fraction of sp³-hybridized carbons (Fsp3) is 0.350. The molecule has 0 aliphatic carbocycles. The molecule has 2 aromatic rings. The quantitative estimate of drug-likeness (QED) is 0.908. The summed E-state index contributed by atoms with van der Waals surface area (Å²) in [6.07, 6.45) is -0.0114. The number of aliphatic hydroxyl groups is 1. The molecule has 0 saturated carbocycles. The highest BCUT2D eigenvalue weighted by Crippen LogP contribution is 2.33. The van der Waals surface area contributed by atoms with Crippen molar-refractivity contribution in [2.75, 3.05) is 20.3 Å². The van der Waals surface area contributed by atoms with Crippen LogP contribution in [-0.2, 0) is 4.79 Å². The van der Waals surface area contributed by atoms with Gasteiger partial charge < -0.3 is 19.5 Å². The molecule has 25 heavy (non-hydrogen) atoms. The number of ether oxygens (including phenoxy) is 2. The van der Waals surface area contributed by atoms with Crippen LogP contribution in [0.1, 0.15) is 23.6 Å². The van der Waals surface area contributed by atoms with Crippen LogP contribution in [0, 0.1) is 6.92 Å². The van der Waals surface area contributed by atoms with Gasteiger partial charge in [0, 0.05) is 6.54 Å². The number of carbonyl (C=O) groups is 1. The number of benzene rings is 2. The van der Waals surface area contributed by atoms with Crippen LogP contribution in [0.25, 0.3) is 0 Å². The normalized spacial score (nSPS) is 19.7. The van der Waals surface area contributed by atoms with Gasteiger partial charge in [-0.1, -0.05) is 24.3 Å². The SMILES string of the molecule is COc1cccc(C2CC(O)CN2C(=O)COc2cccc(C)c2)c1. The van der Waals surface area contributed by atoms with Gasteiger partial charge in [-0.15, -0.1) is 0 Å². The first kappa shape index (κ1) is 17.3. The van der Waals surface area contributed by atoms with Crippen LogP contribution in [0.15, 0.2) is 48.5 Å². The Kier molecular flexibility index (Phi) is 5.24. The number of aryl methyl sites for hydroxylation is 1. The van der Waals surface area contributed by atoms with Crippen molar-refractivity contribution in [1.29, 1.82) is 0 Å². The van der Waals surface area contributed by atoms with Crippen LogP contribution in [-0.4, -0.2) is 42.3 Å². The largest absolute Gasteiger partial charge is 0.497 e. The molecular formula is C20H23NO4. The number of β-amino-alcohol motifs (C(OH)–C–C–N with tert-alkyl or cyclic N) is 1. The minimum absolute atomic E-state index is 0.0450. The maximum Gasteiger partial charge on any atom is 0.261 e. The molecule has 1 aliphatic rings. The summed E-state index contributed by atoms with van der Waals surface area (Å²) in [5, 5.41) is 10.1. The minimum atomic E-state index is -0.529. The molecule has 1 heterocycles. The average Bonchev–Trinajstić information content (AvgIpc) is 3.02.